The van der Waals surface area contributed by atoms with Crippen LogP contribution in [0.2, 0.25) is 0 Å². The van der Waals surface area contributed by atoms with Crippen LogP contribution in [0, 0.1) is 18.8 Å². The Morgan fingerprint density at radius 2 is 1.96 bits per heavy atom. The van der Waals surface area contributed by atoms with Crippen LogP contribution < -0.4 is 5.32 Å². The van der Waals surface area contributed by atoms with Crippen molar-refractivity contribution in [3.05, 3.63) is 42.0 Å². The van der Waals surface area contributed by atoms with Gasteiger partial charge in [-0.3, -0.25) is 4.79 Å². The van der Waals surface area contributed by atoms with Crippen LogP contribution in [0.4, 0.5) is 10.5 Å². The summed E-state index contributed by atoms with van der Waals surface area (Å²) in [6.45, 7) is 4.82. The number of hydrogen-bond donors (Lipinski definition) is 2. The van der Waals surface area contributed by atoms with E-state index in [1.165, 1.54) is 0 Å². The summed E-state index contributed by atoms with van der Waals surface area (Å²) >= 11 is 0. The zero-order chi connectivity index (χ0) is 17.3. The van der Waals surface area contributed by atoms with Crippen LogP contribution in [0.3, 0.4) is 0 Å². The number of carboxylic acids is 1. The van der Waals surface area contributed by atoms with Crippen molar-refractivity contribution in [3.8, 4) is 0 Å². The van der Waals surface area contributed by atoms with Crippen molar-refractivity contribution in [2.45, 2.75) is 20.3 Å². The molecule has 0 radical (unpaired) electrons. The molecule has 2 aromatic rings. The third kappa shape index (κ3) is 3.35. The predicted molar refractivity (Wildman–Crippen MR) is 94.2 cm³/mol. The Balaban J connectivity index is 1.83. The van der Waals surface area contributed by atoms with E-state index in [1.807, 2.05) is 44.2 Å². The lowest BCUT2D eigenvalue weighted by Crippen LogP contribution is -2.47. The van der Waals surface area contributed by atoms with E-state index in [0.29, 0.717) is 13.0 Å². The van der Waals surface area contributed by atoms with Crippen LogP contribution in [0.15, 0.2) is 36.4 Å². The third-order valence-electron chi connectivity index (χ3n) is 4.54. The fourth-order valence-electron chi connectivity index (χ4n) is 3.45. The maximum atomic E-state index is 12.7. The Morgan fingerprint density at radius 3 is 2.71 bits per heavy atom. The van der Waals surface area contributed by atoms with E-state index in [0.717, 1.165) is 22.0 Å². The van der Waals surface area contributed by atoms with Crippen molar-refractivity contribution in [3.63, 3.8) is 0 Å². The summed E-state index contributed by atoms with van der Waals surface area (Å²) in [7, 11) is 0. The lowest BCUT2D eigenvalue weighted by atomic mass is 9.91. The molecule has 2 unspecified atom stereocenters. The van der Waals surface area contributed by atoms with E-state index in [-0.39, 0.29) is 18.5 Å². The van der Waals surface area contributed by atoms with Gasteiger partial charge in [0.15, 0.2) is 0 Å². The highest BCUT2D eigenvalue weighted by Crippen LogP contribution is 2.27. The molecule has 2 aromatic carbocycles. The van der Waals surface area contributed by atoms with Crippen molar-refractivity contribution < 1.29 is 14.7 Å². The van der Waals surface area contributed by atoms with E-state index < -0.39 is 11.9 Å². The highest BCUT2D eigenvalue weighted by atomic mass is 16.4. The van der Waals surface area contributed by atoms with Crippen LogP contribution in [0.25, 0.3) is 10.8 Å². The summed E-state index contributed by atoms with van der Waals surface area (Å²) in [5.41, 5.74) is 1.83. The zero-order valence-electron chi connectivity index (χ0n) is 14.0. The van der Waals surface area contributed by atoms with E-state index in [4.69, 9.17) is 0 Å². The SMILES string of the molecule is Cc1cc(NC(=O)N2CC(C)CC(C(=O)O)C2)c2ccccc2c1. The Kier molecular flexibility index (Phi) is 4.42. The standard InChI is InChI=1S/C19H22N2O3/c1-12-7-14-5-3-4-6-16(14)17(9-12)20-19(24)21-10-13(2)8-15(11-21)18(22)23/h3-7,9,13,15H,8,10-11H2,1-2H3,(H,20,24)(H,22,23). The maximum absolute atomic E-state index is 12.7. The quantitative estimate of drug-likeness (QED) is 0.883. The van der Waals surface area contributed by atoms with Crippen LogP contribution in [0.1, 0.15) is 18.9 Å². The molecular formula is C19H22N2O3. The number of nitrogens with zero attached hydrogens (tertiary/aromatic N) is 1. The van der Waals surface area contributed by atoms with Gasteiger partial charge in [-0.1, -0.05) is 37.3 Å². The highest BCUT2D eigenvalue weighted by molar-refractivity contribution is 6.02. The number of hydrogen-bond acceptors (Lipinski definition) is 2. The molecule has 0 saturated carbocycles. The summed E-state index contributed by atoms with van der Waals surface area (Å²) in [5.74, 6) is -1.14. The van der Waals surface area contributed by atoms with Gasteiger partial charge in [-0.05, 0) is 36.3 Å². The average Bonchev–Trinajstić information content (AvgIpc) is 2.54. The molecule has 2 atom stereocenters. The normalized spacial score (nSPS) is 20.8. The van der Waals surface area contributed by atoms with Gasteiger partial charge >= 0.3 is 12.0 Å². The minimum Gasteiger partial charge on any atom is -0.481 e. The number of benzene rings is 2. The van der Waals surface area contributed by atoms with Crippen LogP contribution in [-0.4, -0.2) is 35.1 Å². The first kappa shape index (κ1) is 16.3. The lowest BCUT2D eigenvalue weighted by molar-refractivity contribution is -0.143. The van der Waals surface area contributed by atoms with Gasteiger partial charge in [0.25, 0.3) is 0 Å². The van der Waals surface area contributed by atoms with Crippen LogP contribution in [0.5, 0.6) is 0 Å². The lowest BCUT2D eigenvalue weighted by Gasteiger charge is -2.34. The van der Waals surface area contributed by atoms with Crippen LogP contribution >= 0.6 is 0 Å². The number of likely N-dealkylation sites (tertiary alicyclic amines) is 1. The largest absolute Gasteiger partial charge is 0.481 e. The molecule has 0 spiro atoms. The molecule has 2 N–H and O–H groups in total. The number of carbonyl (C=O) groups excluding carboxylic acids is 1. The van der Waals surface area contributed by atoms with Crippen molar-refractivity contribution in [2.24, 2.45) is 11.8 Å². The van der Waals surface area contributed by atoms with E-state index in [9.17, 15) is 14.7 Å². The monoisotopic (exact) mass is 326 g/mol. The first-order valence-electron chi connectivity index (χ1n) is 8.22. The van der Waals surface area contributed by atoms with Crippen molar-refractivity contribution in [2.75, 3.05) is 18.4 Å². The molecular weight excluding hydrogens is 304 g/mol. The fourth-order valence-corrected chi connectivity index (χ4v) is 3.45. The van der Waals surface area contributed by atoms with E-state index in [1.54, 1.807) is 4.90 Å². The van der Waals surface area contributed by atoms with Crippen molar-refractivity contribution in [1.29, 1.82) is 0 Å². The molecule has 0 aliphatic carbocycles. The number of urea groups is 1. The predicted octanol–water partition coefficient (Wildman–Crippen LogP) is 3.72. The third-order valence-corrected chi connectivity index (χ3v) is 4.54. The highest BCUT2D eigenvalue weighted by Gasteiger charge is 2.32. The Labute approximate surface area is 141 Å². The molecule has 1 aliphatic rings. The summed E-state index contributed by atoms with van der Waals surface area (Å²) in [4.78, 5) is 25.6. The molecule has 0 bridgehead atoms. The molecule has 0 aromatic heterocycles. The number of anilines is 1. The fraction of sp³-hybridized carbons (Fsp3) is 0.368. The molecule has 1 saturated heterocycles. The number of carbonyl (C=O) groups is 2. The zero-order valence-corrected chi connectivity index (χ0v) is 14.0. The summed E-state index contributed by atoms with van der Waals surface area (Å²) < 4.78 is 0. The molecule has 24 heavy (non-hydrogen) atoms. The van der Waals surface area contributed by atoms with Gasteiger partial charge in [-0.25, -0.2) is 4.79 Å². The minimum absolute atomic E-state index is 0.180. The van der Waals surface area contributed by atoms with Crippen LogP contribution in [-0.2, 0) is 4.79 Å². The first-order valence-corrected chi connectivity index (χ1v) is 8.22. The van der Waals surface area contributed by atoms with Crippen molar-refractivity contribution >= 4 is 28.5 Å². The summed E-state index contributed by atoms with van der Waals surface area (Å²) in [6.07, 6.45) is 0.618. The molecule has 2 amide bonds. The van der Waals surface area contributed by atoms with Gasteiger partial charge in [-0.15, -0.1) is 0 Å². The second kappa shape index (κ2) is 6.51. The number of aryl methyl sites for hydroxylation is 1. The smallest absolute Gasteiger partial charge is 0.321 e. The van der Waals surface area contributed by atoms with Crippen molar-refractivity contribution in [1.82, 2.24) is 4.90 Å². The molecule has 1 fully saturated rings. The van der Waals surface area contributed by atoms with Gasteiger partial charge in [-0.2, -0.15) is 0 Å². The number of piperidine rings is 1. The number of rotatable bonds is 2. The second-order valence-corrected chi connectivity index (χ2v) is 6.74. The van der Waals surface area contributed by atoms with Gasteiger partial charge in [0.2, 0.25) is 0 Å². The van der Waals surface area contributed by atoms with E-state index >= 15 is 0 Å². The number of aliphatic carboxylic acids is 1. The second-order valence-electron chi connectivity index (χ2n) is 6.74. The number of carboxylic acid groups (broad SMARTS) is 1. The molecule has 126 valence electrons. The first-order chi connectivity index (χ1) is 11.4. The Hall–Kier alpha value is -2.56. The number of fused-ring (bicyclic) bond motifs is 1. The molecule has 1 heterocycles. The average molecular weight is 326 g/mol. The maximum Gasteiger partial charge on any atom is 0.321 e. The molecule has 5 nitrogen and oxygen atoms in total. The van der Waals surface area contributed by atoms with E-state index in [2.05, 4.69) is 11.4 Å². The number of amides is 2. The summed E-state index contributed by atoms with van der Waals surface area (Å²) in [5, 5.41) is 14.3. The van der Waals surface area contributed by atoms with Gasteiger partial charge < -0.3 is 15.3 Å². The number of nitrogens with one attached hydrogen (secondary N) is 1. The topological polar surface area (TPSA) is 69.6 Å². The Bertz CT molecular complexity index is 787. The Morgan fingerprint density at radius 1 is 1.21 bits per heavy atom. The molecule has 1 aliphatic heterocycles. The summed E-state index contributed by atoms with van der Waals surface area (Å²) in [6, 6.07) is 11.7. The minimum atomic E-state index is -0.833. The molecule has 3 rings (SSSR count). The van der Waals surface area contributed by atoms with Gasteiger partial charge in [0.1, 0.15) is 0 Å². The van der Waals surface area contributed by atoms with Gasteiger partial charge in [0, 0.05) is 18.5 Å². The van der Waals surface area contributed by atoms with Gasteiger partial charge in [0.05, 0.1) is 11.6 Å². The molecule has 5 heteroatoms.